The van der Waals surface area contributed by atoms with Gasteiger partial charge in [-0.25, -0.2) is 0 Å². The summed E-state index contributed by atoms with van der Waals surface area (Å²) in [4.78, 5) is 27.6. The van der Waals surface area contributed by atoms with E-state index in [-0.39, 0.29) is 29.8 Å². The Hall–Kier alpha value is -2.08. The first-order valence-electron chi connectivity index (χ1n) is 11.7. The van der Waals surface area contributed by atoms with Crippen molar-refractivity contribution < 1.29 is 19.1 Å². The third-order valence-corrected chi connectivity index (χ3v) is 8.96. The van der Waals surface area contributed by atoms with Gasteiger partial charge in [0, 0.05) is 13.1 Å². The summed E-state index contributed by atoms with van der Waals surface area (Å²) in [7, 11) is 0. The van der Waals surface area contributed by atoms with E-state index in [1.165, 1.54) is 6.42 Å². The lowest BCUT2D eigenvalue weighted by Gasteiger charge is -2.26. The molecule has 6 heteroatoms. The molecule has 2 amide bonds. The number of carbonyl (C=O) groups excluding carboxylic acids is 2. The summed E-state index contributed by atoms with van der Waals surface area (Å²) < 4.78 is 11.7. The molecule has 0 aromatic heterocycles. The number of carbonyl (C=O) groups is 2. The van der Waals surface area contributed by atoms with Crippen LogP contribution in [0.5, 0.6) is 11.5 Å². The van der Waals surface area contributed by atoms with Gasteiger partial charge in [0.15, 0.2) is 11.5 Å². The van der Waals surface area contributed by atoms with E-state index in [9.17, 15) is 9.59 Å². The smallest absolute Gasteiger partial charge is 0.233 e. The Kier molecular flexibility index (Phi) is 3.65. The molecule has 5 saturated carbocycles. The van der Waals surface area contributed by atoms with Gasteiger partial charge in [-0.1, -0.05) is 12.1 Å². The number of unbranched alkanes of at least 4 members (excludes halogenated alkanes) is 1. The van der Waals surface area contributed by atoms with Crippen LogP contribution in [0.15, 0.2) is 24.3 Å². The van der Waals surface area contributed by atoms with Crippen LogP contribution in [0.2, 0.25) is 0 Å². The first-order chi connectivity index (χ1) is 14.7. The van der Waals surface area contributed by atoms with E-state index in [1.54, 1.807) is 4.90 Å². The molecule has 1 aromatic carbocycles. The van der Waals surface area contributed by atoms with Crippen LogP contribution < -0.4 is 14.8 Å². The molecule has 7 aliphatic rings. The zero-order valence-electron chi connectivity index (χ0n) is 17.0. The predicted molar refractivity (Wildman–Crippen MR) is 108 cm³/mol. The molecule has 158 valence electrons. The first-order valence-corrected chi connectivity index (χ1v) is 11.7. The van der Waals surface area contributed by atoms with Crippen molar-refractivity contribution >= 4 is 11.8 Å². The normalized spacial score (nSPS) is 43.5. The maximum atomic E-state index is 13.0. The molecule has 7 atom stereocenters. The average molecular weight is 408 g/mol. The monoisotopic (exact) mass is 408 g/mol. The number of hydrogen-bond acceptors (Lipinski definition) is 5. The van der Waals surface area contributed by atoms with Crippen molar-refractivity contribution in [1.82, 2.24) is 10.2 Å². The van der Waals surface area contributed by atoms with E-state index >= 15 is 0 Å². The highest BCUT2D eigenvalue weighted by Crippen LogP contribution is 2.84. The number of benzene rings is 1. The lowest BCUT2D eigenvalue weighted by atomic mass is 9.81. The lowest BCUT2D eigenvalue weighted by molar-refractivity contribution is -0.141. The van der Waals surface area contributed by atoms with E-state index in [1.807, 2.05) is 24.3 Å². The van der Waals surface area contributed by atoms with Gasteiger partial charge in [-0.3, -0.25) is 14.5 Å². The number of fused-ring (bicyclic) bond motifs is 2. The van der Waals surface area contributed by atoms with E-state index in [0.717, 1.165) is 55.2 Å². The summed E-state index contributed by atoms with van der Waals surface area (Å²) in [6, 6.07) is 7.75. The molecule has 6 fully saturated rings. The van der Waals surface area contributed by atoms with Crippen LogP contribution in [-0.2, 0) is 9.59 Å². The van der Waals surface area contributed by atoms with Gasteiger partial charge < -0.3 is 14.8 Å². The van der Waals surface area contributed by atoms with Crippen LogP contribution in [0.4, 0.5) is 0 Å². The fourth-order valence-corrected chi connectivity index (χ4v) is 8.04. The Bertz CT molecular complexity index is 882. The topological polar surface area (TPSA) is 67.9 Å². The molecule has 8 rings (SSSR count). The van der Waals surface area contributed by atoms with Gasteiger partial charge in [-0.15, -0.1) is 0 Å². The minimum absolute atomic E-state index is 0.00849. The Labute approximate surface area is 176 Å². The highest BCUT2D eigenvalue weighted by Gasteiger charge is 2.83. The van der Waals surface area contributed by atoms with E-state index in [0.29, 0.717) is 30.9 Å². The van der Waals surface area contributed by atoms with Crippen LogP contribution >= 0.6 is 0 Å². The van der Waals surface area contributed by atoms with Crippen LogP contribution in [0, 0.1) is 47.3 Å². The number of hydrogen-bond donors (Lipinski definition) is 1. The maximum Gasteiger partial charge on any atom is 0.233 e. The standard InChI is InChI=1S/C24H28N2O4/c27-23-21-19-14-9-13-17(19)18(13)20(14)22(21)24(28)26(23)8-4-3-7-25-10-12-11-29-15-5-1-2-6-16(15)30-12/h1-2,5-6,12-14,17-22,25H,3-4,7-11H2. The van der Waals surface area contributed by atoms with Gasteiger partial charge in [0.2, 0.25) is 11.8 Å². The quantitative estimate of drug-likeness (QED) is 0.552. The summed E-state index contributed by atoms with van der Waals surface area (Å²) in [5.74, 6) is 6.33. The van der Waals surface area contributed by atoms with Gasteiger partial charge in [0.1, 0.15) is 12.7 Å². The number of nitrogens with one attached hydrogen (secondary N) is 1. The summed E-state index contributed by atoms with van der Waals surface area (Å²) in [6.07, 6.45) is 3.13. The van der Waals surface area contributed by atoms with Crippen molar-refractivity contribution in [3.63, 3.8) is 0 Å². The molecule has 2 aliphatic heterocycles. The highest BCUT2D eigenvalue weighted by atomic mass is 16.6. The molecule has 1 aromatic rings. The van der Waals surface area contributed by atoms with Crippen LogP contribution in [0.3, 0.4) is 0 Å². The molecule has 6 nitrogen and oxygen atoms in total. The molecule has 30 heavy (non-hydrogen) atoms. The number of ether oxygens (including phenoxy) is 2. The highest BCUT2D eigenvalue weighted by molar-refractivity contribution is 6.06. The molecule has 0 spiro atoms. The fourth-order valence-electron chi connectivity index (χ4n) is 8.04. The molecule has 2 heterocycles. The molecular weight excluding hydrogens is 380 g/mol. The van der Waals surface area contributed by atoms with Crippen molar-refractivity contribution in [2.75, 3.05) is 26.2 Å². The molecule has 6 bridgehead atoms. The largest absolute Gasteiger partial charge is 0.486 e. The predicted octanol–water partition coefficient (Wildman–Crippen LogP) is 1.94. The van der Waals surface area contributed by atoms with Crippen LogP contribution in [0.25, 0.3) is 0 Å². The number of para-hydroxylation sites is 2. The van der Waals surface area contributed by atoms with Crippen molar-refractivity contribution in [2.45, 2.75) is 25.4 Å². The summed E-state index contributed by atoms with van der Waals surface area (Å²) in [5, 5.41) is 3.43. The third kappa shape index (κ3) is 2.23. The van der Waals surface area contributed by atoms with E-state index in [4.69, 9.17) is 9.47 Å². The zero-order chi connectivity index (χ0) is 20.0. The molecule has 7 unspecified atom stereocenters. The summed E-state index contributed by atoms with van der Waals surface area (Å²) in [5.41, 5.74) is 0. The Morgan fingerprint density at radius 1 is 0.933 bits per heavy atom. The van der Waals surface area contributed by atoms with Crippen LogP contribution in [-0.4, -0.2) is 49.1 Å². The second-order valence-corrected chi connectivity index (χ2v) is 10.2. The van der Waals surface area contributed by atoms with Crippen molar-refractivity contribution in [2.24, 2.45) is 47.3 Å². The SMILES string of the molecule is O=C1C2C(C(=O)N1CCCCNCC1COc3ccccc3O1)C1C3CC4C(C32)C41. The minimum Gasteiger partial charge on any atom is -0.486 e. The zero-order valence-corrected chi connectivity index (χ0v) is 17.0. The number of imide groups is 1. The number of likely N-dealkylation sites (tertiary alicyclic amines) is 1. The number of nitrogens with zero attached hydrogens (tertiary/aromatic N) is 1. The average Bonchev–Trinajstić information content (AvgIpc) is 3.15. The molecule has 0 radical (unpaired) electrons. The second-order valence-electron chi connectivity index (χ2n) is 10.2. The number of amides is 2. The summed E-state index contributed by atoms with van der Waals surface area (Å²) in [6.45, 7) is 2.72. The Balaban J connectivity index is 0.868. The molecule has 1 saturated heterocycles. The van der Waals surface area contributed by atoms with Gasteiger partial charge in [-0.2, -0.15) is 0 Å². The summed E-state index contributed by atoms with van der Waals surface area (Å²) >= 11 is 0. The molecule has 5 aliphatic carbocycles. The van der Waals surface area contributed by atoms with Crippen molar-refractivity contribution in [3.8, 4) is 11.5 Å². The first kappa shape index (κ1) is 17.6. The van der Waals surface area contributed by atoms with Gasteiger partial charge >= 0.3 is 0 Å². The fraction of sp³-hybridized carbons (Fsp3) is 0.667. The van der Waals surface area contributed by atoms with Gasteiger partial charge in [0.05, 0.1) is 11.8 Å². The second kappa shape index (κ2) is 6.22. The number of rotatable bonds is 7. The van der Waals surface area contributed by atoms with Gasteiger partial charge in [0.25, 0.3) is 0 Å². The third-order valence-electron chi connectivity index (χ3n) is 8.96. The Morgan fingerprint density at radius 2 is 1.63 bits per heavy atom. The van der Waals surface area contributed by atoms with Crippen LogP contribution in [0.1, 0.15) is 19.3 Å². The molecular formula is C24H28N2O4. The van der Waals surface area contributed by atoms with Crippen molar-refractivity contribution in [1.29, 1.82) is 0 Å². The van der Waals surface area contributed by atoms with Crippen molar-refractivity contribution in [3.05, 3.63) is 24.3 Å². The van der Waals surface area contributed by atoms with E-state index in [2.05, 4.69) is 5.32 Å². The molecule has 1 N–H and O–H groups in total. The van der Waals surface area contributed by atoms with Gasteiger partial charge in [-0.05, 0) is 73.4 Å². The Morgan fingerprint density at radius 3 is 2.37 bits per heavy atom. The van der Waals surface area contributed by atoms with E-state index < -0.39 is 0 Å². The lowest BCUT2D eigenvalue weighted by Crippen LogP contribution is -2.39. The minimum atomic E-state index is 0.00849. The maximum absolute atomic E-state index is 13.0.